The number of nitro benzene ring substituents is 1. The Balaban J connectivity index is 1.64. The van der Waals surface area contributed by atoms with Gasteiger partial charge in [-0.25, -0.2) is 0 Å². The summed E-state index contributed by atoms with van der Waals surface area (Å²) in [5, 5.41) is 14.0. The van der Waals surface area contributed by atoms with Gasteiger partial charge in [-0.1, -0.05) is 30.3 Å². The summed E-state index contributed by atoms with van der Waals surface area (Å²) in [5.74, 6) is -1.23. The van der Waals surface area contributed by atoms with Crippen LogP contribution in [0.1, 0.15) is 18.1 Å². The standard InChI is InChI=1S/C25H25N5O5S/c1-17(31)27-11-13-28(14-12-27)22-8-7-20(30(34)35)15-19(22)16-21-23(32)26-25(36)29(24(21)33)10-9-18-5-3-2-4-6-18/h2-8,15-16H,9-14H2,1H3,(H,26,32,36)/b21-16-. The monoisotopic (exact) mass is 507 g/mol. The van der Waals surface area contributed by atoms with Crippen molar-refractivity contribution in [3.8, 4) is 0 Å². The largest absolute Gasteiger partial charge is 0.367 e. The number of rotatable bonds is 6. The van der Waals surface area contributed by atoms with Crippen LogP contribution in [0.4, 0.5) is 11.4 Å². The third-order valence-electron chi connectivity index (χ3n) is 6.24. The molecule has 4 rings (SSSR count). The van der Waals surface area contributed by atoms with Crippen LogP contribution in [0.5, 0.6) is 0 Å². The first-order valence-electron chi connectivity index (χ1n) is 11.5. The third kappa shape index (κ3) is 5.41. The van der Waals surface area contributed by atoms with E-state index in [1.165, 1.54) is 30.0 Å². The molecule has 0 spiro atoms. The Hall–Kier alpha value is -4.12. The molecule has 0 atom stereocenters. The summed E-state index contributed by atoms with van der Waals surface area (Å²) >= 11 is 5.25. The normalized spacial score (nSPS) is 17.4. The van der Waals surface area contributed by atoms with E-state index >= 15 is 0 Å². The molecular weight excluding hydrogens is 482 g/mol. The van der Waals surface area contributed by atoms with Crippen LogP contribution in [-0.2, 0) is 20.8 Å². The van der Waals surface area contributed by atoms with Crippen molar-refractivity contribution in [3.63, 3.8) is 0 Å². The molecule has 2 aliphatic rings. The summed E-state index contributed by atoms with van der Waals surface area (Å²) in [6, 6.07) is 13.9. The zero-order valence-corrected chi connectivity index (χ0v) is 20.5. The maximum absolute atomic E-state index is 13.3. The first-order chi connectivity index (χ1) is 17.2. The number of nitrogens with zero attached hydrogens (tertiary/aromatic N) is 4. The molecule has 186 valence electrons. The average molecular weight is 508 g/mol. The van der Waals surface area contributed by atoms with E-state index in [4.69, 9.17) is 12.2 Å². The van der Waals surface area contributed by atoms with Crippen molar-refractivity contribution in [2.24, 2.45) is 0 Å². The highest BCUT2D eigenvalue weighted by atomic mass is 32.1. The number of piperazine rings is 1. The number of thiocarbonyl (C=S) groups is 1. The van der Waals surface area contributed by atoms with Crippen LogP contribution in [0.3, 0.4) is 0 Å². The van der Waals surface area contributed by atoms with Crippen molar-refractivity contribution in [2.45, 2.75) is 13.3 Å². The quantitative estimate of drug-likeness (QED) is 0.209. The molecular formula is C25H25N5O5S. The van der Waals surface area contributed by atoms with E-state index in [0.29, 0.717) is 43.9 Å². The van der Waals surface area contributed by atoms with Gasteiger partial charge in [0.2, 0.25) is 5.91 Å². The summed E-state index contributed by atoms with van der Waals surface area (Å²) < 4.78 is 0. The van der Waals surface area contributed by atoms with Gasteiger partial charge in [0.05, 0.1) is 4.92 Å². The Labute approximate surface area is 213 Å². The number of non-ortho nitro benzene ring substituents is 1. The molecule has 0 aromatic heterocycles. The van der Waals surface area contributed by atoms with Gasteiger partial charge in [-0.3, -0.25) is 34.7 Å². The van der Waals surface area contributed by atoms with Gasteiger partial charge in [0.25, 0.3) is 17.5 Å². The highest BCUT2D eigenvalue weighted by Crippen LogP contribution is 2.29. The summed E-state index contributed by atoms with van der Waals surface area (Å²) in [5.41, 5.74) is 1.71. The van der Waals surface area contributed by atoms with Crippen molar-refractivity contribution in [1.82, 2.24) is 15.1 Å². The molecule has 2 saturated heterocycles. The predicted molar refractivity (Wildman–Crippen MR) is 138 cm³/mol. The summed E-state index contributed by atoms with van der Waals surface area (Å²) in [4.78, 5) is 53.7. The predicted octanol–water partition coefficient (Wildman–Crippen LogP) is 2.13. The number of hydrogen-bond donors (Lipinski definition) is 1. The molecule has 11 heteroatoms. The molecule has 0 bridgehead atoms. The van der Waals surface area contributed by atoms with Crippen molar-refractivity contribution in [2.75, 3.05) is 37.6 Å². The van der Waals surface area contributed by atoms with Gasteiger partial charge < -0.3 is 9.80 Å². The van der Waals surface area contributed by atoms with E-state index in [0.717, 1.165) is 5.56 Å². The minimum Gasteiger partial charge on any atom is -0.367 e. The lowest BCUT2D eigenvalue weighted by Gasteiger charge is -2.36. The number of carbonyl (C=O) groups excluding carboxylic acids is 3. The highest BCUT2D eigenvalue weighted by Gasteiger charge is 2.33. The highest BCUT2D eigenvalue weighted by molar-refractivity contribution is 7.80. The molecule has 2 fully saturated rings. The van der Waals surface area contributed by atoms with Crippen LogP contribution in [-0.4, -0.2) is 70.3 Å². The Morgan fingerprint density at radius 2 is 1.81 bits per heavy atom. The van der Waals surface area contributed by atoms with Gasteiger partial charge in [-0.05, 0) is 36.3 Å². The fourth-order valence-corrected chi connectivity index (χ4v) is 4.53. The van der Waals surface area contributed by atoms with Crippen molar-refractivity contribution in [3.05, 3.63) is 75.3 Å². The molecule has 3 amide bonds. The van der Waals surface area contributed by atoms with E-state index < -0.39 is 16.7 Å². The van der Waals surface area contributed by atoms with Gasteiger partial charge in [-0.2, -0.15) is 0 Å². The van der Waals surface area contributed by atoms with E-state index in [-0.39, 0.29) is 28.8 Å². The SMILES string of the molecule is CC(=O)N1CCN(c2ccc([N+](=O)[O-])cc2/C=C2/C(=O)NC(=S)N(CCc3ccccc3)C2=O)CC1. The average Bonchev–Trinajstić information content (AvgIpc) is 2.87. The van der Waals surface area contributed by atoms with Crippen LogP contribution < -0.4 is 10.2 Å². The van der Waals surface area contributed by atoms with Crippen LogP contribution in [0.2, 0.25) is 0 Å². The topological polar surface area (TPSA) is 116 Å². The maximum atomic E-state index is 13.3. The lowest BCUT2D eigenvalue weighted by Crippen LogP contribution is -2.54. The van der Waals surface area contributed by atoms with Crippen LogP contribution in [0.25, 0.3) is 6.08 Å². The Bertz CT molecular complexity index is 1250. The Morgan fingerprint density at radius 1 is 1.11 bits per heavy atom. The molecule has 2 aliphatic heterocycles. The molecule has 36 heavy (non-hydrogen) atoms. The van der Waals surface area contributed by atoms with E-state index in [1.54, 1.807) is 11.0 Å². The molecule has 0 aliphatic carbocycles. The van der Waals surface area contributed by atoms with E-state index in [2.05, 4.69) is 5.32 Å². The molecule has 0 unspecified atom stereocenters. The van der Waals surface area contributed by atoms with Crippen LogP contribution in [0.15, 0.2) is 54.1 Å². The summed E-state index contributed by atoms with van der Waals surface area (Å²) in [6.07, 6.45) is 1.92. The molecule has 1 N–H and O–H groups in total. The molecule has 10 nitrogen and oxygen atoms in total. The van der Waals surface area contributed by atoms with Crippen LogP contribution in [0, 0.1) is 10.1 Å². The second-order valence-electron chi connectivity index (χ2n) is 8.50. The Kier molecular flexibility index (Phi) is 7.39. The van der Waals surface area contributed by atoms with E-state index in [9.17, 15) is 24.5 Å². The number of benzene rings is 2. The number of carbonyl (C=O) groups is 3. The Morgan fingerprint density at radius 3 is 2.44 bits per heavy atom. The number of amides is 3. The molecule has 2 aromatic rings. The van der Waals surface area contributed by atoms with E-state index in [1.807, 2.05) is 35.2 Å². The first kappa shape index (κ1) is 25.0. The molecule has 2 heterocycles. The molecule has 2 aromatic carbocycles. The fourth-order valence-electron chi connectivity index (χ4n) is 4.26. The van der Waals surface area contributed by atoms with Gasteiger partial charge in [0.15, 0.2) is 5.11 Å². The van der Waals surface area contributed by atoms with Gasteiger partial charge >= 0.3 is 0 Å². The lowest BCUT2D eigenvalue weighted by molar-refractivity contribution is -0.384. The summed E-state index contributed by atoms with van der Waals surface area (Å²) in [7, 11) is 0. The second kappa shape index (κ2) is 10.6. The van der Waals surface area contributed by atoms with Crippen LogP contribution >= 0.6 is 12.2 Å². The van der Waals surface area contributed by atoms with Crippen molar-refractivity contribution < 1.29 is 19.3 Å². The van der Waals surface area contributed by atoms with Gasteiger partial charge in [0.1, 0.15) is 5.57 Å². The lowest BCUT2D eigenvalue weighted by atomic mass is 10.0. The number of nitro groups is 1. The zero-order valence-electron chi connectivity index (χ0n) is 19.7. The van der Waals surface area contributed by atoms with Gasteiger partial charge in [-0.15, -0.1) is 0 Å². The van der Waals surface area contributed by atoms with Crippen molar-refractivity contribution in [1.29, 1.82) is 0 Å². The minimum absolute atomic E-state index is 0.0169. The number of anilines is 1. The smallest absolute Gasteiger partial charge is 0.270 e. The molecule has 0 radical (unpaired) electrons. The molecule has 0 saturated carbocycles. The van der Waals surface area contributed by atoms with Gasteiger partial charge in [0, 0.05) is 63.0 Å². The second-order valence-corrected chi connectivity index (χ2v) is 8.89. The number of hydrogen-bond acceptors (Lipinski definition) is 7. The summed E-state index contributed by atoms with van der Waals surface area (Å²) in [6.45, 7) is 3.82. The maximum Gasteiger partial charge on any atom is 0.270 e. The van der Waals surface area contributed by atoms with Crippen molar-refractivity contribution >= 4 is 52.5 Å². The minimum atomic E-state index is -0.653. The first-order valence-corrected chi connectivity index (χ1v) is 11.9. The zero-order chi connectivity index (χ0) is 25.8. The number of nitrogens with one attached hydrogen (secondary N) is 1. The fraction of sp³-hybridized carbons (Fsp3) is 0.280. The third-order valence-corrected chi connectivity index (χ3v) is 6.56.